The topological polar surface area (TPSA) is 55.1 Å². The van der Waals surface area contributed by atoms with E-state index >= 15 is 0 Å². The predicted octanol–water partition coefficient (Wildman–Crippen LogP) is 3.32. The molecule has 0 saturated heterocycles. The highest BCUT2D eigenvalue weighted by Gasteiger charge is 2.32. The van der Waals surface area contributed by atoms with E-state index in [-0.39, 0.29) is 29.1 Å². The smallest absolute Gasteiger partial charge is 0.238 e. The lowest BCUT2D eigenvalue weighted by Crippen LogP contribution is -2.53. The number of hydrogen-bond donors (Lipinski definition) is 2. The van der Waals surface area contributed by atoms with Crippen molar-refractivity contribution in [3.8, 4) is 0 Å². The van der Waals surface area contributed by atoms with Crippen LogP contribution >= 0.6 is 24.2 Å². The predicted molar refractivity (Wildman–Crippen MR) is 97.7 cm³/mol. The molecule has 3 nitrogen and oxygen atoms in total. The van der Waals surface area contributed by atoms with E-state index in [9.17, 15) is 4.79 Å². The van der Waals surface area contributed by atoms with Gasteiger partial charge in [-0.2, -0.15) is 0 Å². The summed E-state index contributed by atoms with van der Waals surface area (Å²) in [6.45, 7) is 6.83. The summed E-state index contributed by atoms with van der Waals surface area (Å²) in [7, 11) is 0. The van der Waals surface area contributed by atoms with E-state index in [0.29, 0.717) is 12.5 Å². The third kappa shape index (κ3) is 4.64. The zero-order valence-corrected chi connectivity index (χ0v) is 15.2. The number of carbonyl (C=O) groups is 1. The highest BCUT2D eigenvalue weighted by Crippen LogP contribution is 2.37. The molecule has 22 heavy (non-hydrogen) atoms. The Balaban J connectivity index is 0.00000242. The fourth-order valence-corrected chi connectivity index (χ4v) is 4.25. The normalized spacial score (nSPS) is 19.8. The number of nitrogens with one attached hydrogen (secondary N) is 1. The number of halogens is 1. The van der Waals surface area contributed by atoms with Gasteiger partial charge in [0.1, 0.15) is 5.25 Å². The molecule has 5 heteroatoms. The first-order valence-electron chi connectivity index (χ1n) is 7.67. The van der Waals surface area contributed by atoms with Gasteiger partial charge in [0.05, 0.1) is 0 Å². The molecule has 1 aromatic rings. The molecule has 3 N–H and O–H groups in total. The van der Waals surface area contributed by atoms with Crippen molar-refractivity contribution < 1.29 is 4.79 Å². The van der Waals surface area contributed by atoms with Crippen LogP contribution in [0.2, 0.25) is 0 Å². The van der Waals surface area contributed by atoms with E-state index in [1.807, 2.05) is 19.1 Å². The van der Waals surface area contributed by atoms with Crippen LogP contribution in [0.15, 0.2) is 24.3 Å². The number of thioether (sulfide) groups is 1. The maximum Gasteiger partial charge on any atom is 0.238 e. The number of aryl methyl sites for hydroxylation is 1. The monoisotopic (exact) mass is 342 g/mol. The van der Waals surface area contributed by atoms with Crippen molar-refractivity contribution in [3.63, 3.8) is 0 Å². The Morgan fingerprint density at radius 2 is 2.14 bits per heavy atom. The van der Waals surface area contributed by atoms with Crippen LogP contribution in [0, 0.1) is 5.92 Å². The van der Waals surface area contributed by atoms with Crippen LogP contribution in [0.25, 0.3) is 0 Å². The number of benzene rings is 1. The van der Waals surface area contributed by atoms with E-state index in [4.69, 9.17) is 5.73 Å². The summed E-state index contributed by atoms with van der Waals surface area (Å²) in [5, 5.41) is 3.10. The lowest BCUT2D eigenvalue weighted by molar-refractivity contribution is -0.122. The van der Waals surface area contributed by atoms with Crippen molar-refractivity contribution in [1.29, 1.82) is 0 Å². The zero-order chi connectivity index (χ0) is 15.5. The largest absolute Gasteiger partial charge is 0.348 e. The van der Waals surface area contributed by atoms with Crippen molar-refractivity contribution in [1.82, 2.24) is 5.32 Å². The van der Waals surface area contributed by atoms with Gasteiger partial charge in [0, 0.05) is 12.1 Å². The molecule has 2 unspecified atom stereocenters. The van der Waals surface area contributed by atoms with Gasteiger partial charge in [0.15, 0.2) is 0 Å². The third-order valence-corrected chi connectivity index (χ3v) is 5.21. The highest BCUT2D eigenvalue weighted by atomic mass is 35.5. The quantitative estimate of drug-likeness (QED) is 0.863. The fraction of sp³-hybridized carbons (Fsp3) is 0.588. The maximum absolute atomic E-state index is 12.7. The molecule has 0 saturated carbocycles. The van der Waals surface area contributed by atoms with E-state index in [0.717, 1.165) is 24.2 Å². The van der Waals surface area contributed by atoms with Gasteiger partial charge in [-0.15, -0.1) is 24.2 Å². The van der Waals surface area contributed by atoms with Gasteiger partial charge in [0.2, 0.25) is 5.91 Å². The number of hydrogen-bond acceptors (Lipinski definition) is 3. The lowest BCUT2D eigenvalue weighted by Gasteiger charge is -2.34. The second kappa shape index (κ2) is 8.23. The molecule has 0 aliphatic carbocycles. The number of amides is 1. The standard InChI is InChI=1S/C17H26N2OS.ClH/c1-12(2)10-17(3,11-18)19-16(20)15-14-7-5-4-6-13(14)8-9-21-15;/h4-7,12,15H,8-11,18H2,1-3H3,(H,19,20);1H. The maximum atomic E-state index is 12.7. The summed E-state index contributed by atoms with van der Waals surface area (Å²) in [5.74, 6) is 1.60. The van der Waals surface area contributed by atoms with Crippen molar-refractivity contribution in [3.05, 3.63) is 35.4 Å². The van der Waals surface area contributed by atoms with Crippen LogP contribution in [0.3, 0.4) is 0 Å². The summed E-state index contributed by atoms with van der Waals surface area (Å²) >= 11 is 1.73. The molecule has 0 radical (unpaired) electrons. The Morgan fingerprint density at radius 3 is 2.77 bits per heavy atom. The van der Waals surface area contributed by atoms with Gasteiger partial charge in [-0.3, -0.25) is 4.79 Å². The second-order valence-corrected chi connectivity index (χ2v) is 7.76. The molecule has 1 amide bonds. The minimum atomic E-state index is -0.321. The minimum absolute atomic E-state index is 0. The van der Waals surface area contributed by atoms with Gasteiger partial charge in [-0.1, -0.05) is 38.1 Å². The van der Waals surface area contributed by atoms with Crippen molar-refractivity contribution in [2.45, 2.75) is 44.4 Å². The van der Waals surface area contributed by atoms with Crippen LogP contribution in [0.4, 0.5) is 0 Å². The van der Waals surface area contributed by atoms with Crippen LogP contribution in [-0.4, -0.2) is 23.7 Å². The average Bonchev–Trinajstić information content (AvgIpc) is 2.45. The molecule has 0 fully saturated rings. The SMILES string of the molecule is CC(C)CC(C)(CN)NC(=O)C1SCCc2ccccc21.Cl. The summed E-state index contributed by atoms with van der Waals surface area (Å²) in [6, 6.07) is 8.27. The molecule has 124 valence electrons. The molecule has 0 spiro atoms. The Bertz CT molecular complexity index is 509. The fourth-order valence-electron chi connectivity index (χ4n) is 3.06. The molecule has 1 aliphatic rings. The van der Waals surface area contributed by atoms with E-state index in [2.05, 4.69) is 31.3 Å². The first kappa shape index (κ1) is 19.3. The Hall–Kier alpha value is -0.710. The first-order valence-corrected chi connectivity index (χ1v) is 8.71. The molecule has 0 bridgehead atoms. The Kier molecular flexibility index (Phi) is 7.23. The van der Waals surface area contributed by atoms with Crippen LogP contribution in [0.5, 0.6) is 0 Å². The summed E-state index contributed by atoms with van der Waals surface area (Å²) < 4.78 is 0. The van der Waals surface area contributed by atoms with Crippen molar-refractivity contribution >= 4 is 30.1 Å². The lowest BCUT2D eigenvalue weighted by atomic mass is 9.90. The van der Waals surface area contributed by atoms with Crippen molar-refractivity contribution in [2.75, 3.05) is 12.3 Å². The summed E-state index contributed by atoms with van der Waals surface area (Å²) in [5.41, 5.74) is 8.05. The Labute approximate surface area is 144 Å². The molecular weight excluding hydrogens is 316 g/mol. The molecule has 1 heterocycles. The van der Waals surface area contributed by atoms with Gasteiger partial charge < -0.3 is 11.1 Å². The molecule has 1 aromatic carbocycles. The molecule has 2 rings (SSSR count). The summed E-state index contributed by atoms with van der Waals surface area (Å²) in [6.07, 6.45) is 1.94. The highest BCUT2D eigenvalue weighted by molar-refractivity contribution is 8.00. The number of rotatable bonds is 5. The van der Waals surface area contributed by atoms with Crippen LogP contribution in [-0.2, 0) is 11.2 Å². The van der Waals surface area contributed by atoms with Crippen molar-refractivity contribution in [2.24, 2.45) is 11.7 Å². The third-order valence-electron chi connectivity index (χ3n) is 3.97. The first-order chi connectivity index (χ1) is 9.95. The van der Waals surface area contributed by atoms with Gasteiger partial charge in [-0.05, 0) is 42.6 Å². The second-order valence-electron chi connectivity index (χ2n) is 6.55. The number of fused-ring (bicyclic) bond motifs is 1. The molecule has 0 aromatic heterocycles. The number of nitrogens with two attached hydrogens (primary N) is 1. The van der Waals surface area contributed by atoms with E-state index in [1.165, 1.54) is 5.56 Å². The molecular formula is C17H27ClN2OS. The summed E-state index contributed by atoms with van der Waals surface area (Å²) in [4.78, 5) is 12.7. The van der Waals surface area contributed by atoms with Gasteiger partial charge in [0.25, 0.3) is 0 Å². The Morgan fingerprint density at radius 1 is 1.45 bits per heavy atom. The minimum Gasteiger partial charge on any atom is -0.348 e. The van der Waals surface area contributed by atoms with Crippen LogP contribution in [0.1, 0.15) is 43.6 Å². The van der Waals surface area contributed by atoms with E-state index < -0.39 is 0 Å². The number of carbonyl (C=O) groups excluding carboxylic acids is 1. The van der Waals surface area contributed by atoms with Gasteiger partial charge in [-0.25, -0.2) is 0 Å². The average molecular weight is 343 g/mol. The molecule has 1 aliphatic heterocycles. The zero-order valence-electron chi connectivity index (χ0n) is 13.6. The molecule has 2 atom stereocenters. The van der Waals surface area contributed by atoms with Crippen LogP contribution < -0.4 is 11.1 Å². The van der Waals surface area contributed by atoms with Gasteiger partial charge >= 0.3 is 0 Å². The van der Waals surface area contributed by atoms with E-state index in [1.54, 1.807) is 11.8 Å².